The summed E-state index contributed by atoms with van der Waals surface area (Å²) < 4.78 is 29.8. The van der Waals surface area contributed by atoms with E-state index in [1.165, 1.54) is 11.1 Å². The maximum absolute atomic E-state index is 14.5. The zero-order valence-electron chi connectivity index (χ0n) is 13.2. The summed E-state index contributed by atoms with van der Waals surface area (Å²) in [4.78, 5) is 29.3. The zero-order valence-corrected chi connectivity index (χ0v) is 13.2. The first-order chi connectivity index (χ1) is 11.9. The largest absolute Gasteiger partial charge is 0.477 e. The van der Waals surface area contributed by atoms with Gasteiger partial charge in [0.2, 0.25) is 5.43 Å². The molecule has 2 fully saturated rings. The Morgan fingerprint density at radius 1 is 1.36 bits per heavy atom. The number of halogens is 2. The number of aromatic carboxylic acids is 1. The standard InChI is InChI=1S/C16H16F2N4O3/c17-10-3-8-13(23)9(16(24)25)4-22(7-1-2-7)14(8)20-15(10)21-5-11(18)12(19)6-21/h3-4,7,11-12H,1-2,5-6,19H2,(H,24,25). The van der Waals surface area contributed by atoms with Crippen LogP contribution in [0.2, 0.25) is 0 Å². The number of nitrogens with zero attached hydrogens (tertiary/aromatic N) is 3. The fourth-order valence-corrected chi connectivity index (χ4v) is 3.21. The first-order valence-corrected chi connectivity index (χ1v) is 8.00. The number of carbonyl (C=O) groups is 1. The van der Waals surface area contributed by atoms with Crippen LogP contribution in [-0.2, 0) is 0 Å². The van der Waals surface area contributed by atoms with Crippen LogP contribution < -0.4 is 16.1 Å². The number of carboxylic acids is 1. The van der Waals surface area contributed by atoms with Gasteiger partial charge in [0.25, 0.3) is 0 Å². The fourth-order valence-electron chi connectivity index (χ4n) is 3.21. The lowest BCUT2D eigenvalue weighted by Crippen LogP contribution is -2.30. The lowest BCUT2D eigenvalue weighted by Gasteiger charge is -2.19. The van der Waals surface area contributed by atoms with Gasteiger partial charge in [0.05, 0.1) is 18.0 Å². The van der Waals surface area contributed by atoms with Gasteiger partial charge in [0.1, 0.15) is 17.4 Å². The summed E-state index contributed by atoms with van der Waals surface area (Å²) in [6.07, 6.45) is 1.63. The summed E-state index contributed by atoms with van der Waals surface area (Å²) in [5.41, 5.74) is 4.66. The second-order valence-electron chi connectivity index (χ2n) is 6.57. The molecule has 0 radical (unpaired) electrons. The Hall–Kier alpha value is -2.55. The number of hydrogen-bond donors (Lipinski definition) is 2. The highest BCUT2D eigenvalue weighted by Crippen LogP contribution is 2.37. The van der Waals surface area contributed by atoms with Crippen molar-refractivity contribution in [3.8, 4) is 0 Å². The lowest BCUT2D eigenvalue weighted by atomic mass is 10.2. The minimum absolute atomic E-state index is 0.0294. The molecule has 0 aromatic carbocycles. The van der Waals surface area contributed by atoms with Gasteiger partial charge >= 0.3 is 5.97 Å². The van der Waals surface area contributed by atoms with Gasteiger partial charge in [-0.2, -0.15) is 0 Å². The van der Waals surface area contributed by atoms with Crippen molar-refractivity contribution in [1.29, 1.82) is 0 Å². The highest BCUT2D eigenvalue weighted by Gasteiger charge is 2.33. The predicted molar refractivity (Wildman–Crippen MR) is 86.3 cm³/mol. The van der Waals surface area contributed by atoms with Gasteiger partial charge in [0.15, 0.2) is 11.6 Å². The summed E-state index contributed by atoms with van der Waals surface area (Å²) >= 11 is 0. The third-order valence-electron chi connectivity index (χ3n) is 4.70. The molecule has 0 amide bonds. The van der Waals surface area contributed by atoms with Gasteiger partial charge in [-0.05, 0) is 18.9 Å². The van der Waals surface area contributed by atoms with Crippen LogP contribution in [0.4, 0.5) is 14.6 Å². The summed E-state index contributed by atoms with van der Waals surface area (Å²) in [6, 6.07) is 0.293. The van der Waals surface area contributed by atoms with Crippen molar-refractivity contribution in [2.75, 3.05) is 18.0 Å². The van der Waals surface area contributed by atoms with Crippen LogP contribution >= 0.6 is 0 Å². The van der Waals surface area contributed by atoms with Crippen LogP contribution in [-0.4, -0.2) is 45.9 Å². The zero-order chi connectivity index (χ0) is 17.9. The molecule has 0 spiro atoms. The number of aromatic nitrogens is 2. The van der Waals surface area contributed by atoms with E-state index < -0.39 is 35.0 Å². The van der Waals surface area contributed by atoms with E-state index in [0.717, 1.165) is 18.9 Å². The number of rotatable bonds is 3. The Balaban J connectivity index is 1.93. The van der Waals surface area contributed by atoms with Gasteiger partial charge in [-0.3, -0.25) is 4.79 Å². The van der Waals surface area contributed by atoms with E-state index in [1.807, 2.05) is 0 Å². The van der Waals surface area contributed by atoms with E-state index >= 15 is 0 Å². The minimum Gasteiger partial charge on any atom is -0.477 e. The second-order valence-corrected chi connectivity index (χ2v) is 6.57. The third-order valence-corrected chi connectivity index (χ3v) is 4.70. The van der Waals surface area contributed by atoms with Crippen molar-refractivity contribution in [3.63, 3.8) is 0 Å². The molecule has 4 rings (SSSR count). The molecule has 7 nitrogen and oxygen atoms in total. The Morgan fingerprint density at radius 2 is 2.08 bits per heavy atom. The maximum atomic E-state index is 14.5. The predicted octanol–water partition coefficient (Wildman–Crippen LogP) is 1.05. The van der Waals surface area contributed by atoms with Crippen molar-refractivity contribution in [3.05, 3.63) is 33.9 Å². The van der Waals surface area contributed by atoms with Gasteiger partial charge in [-0.25, -0.2) is 18.6 Å². The first kappa shape index (κ1) is 15.9. The van der Waals surface area contributed by atoms with Crippen LogP contribution in [0, 0.1) is 5.82 Å². The van der Waals surface area contributed by atoms with Crippen molar-refractivity contribution in [2.45, 2.75) is 31.1 Å². The topological polar surface area (TPSA) is 101 Å². The average Bonchev–Trinajstić information content (AvgIpc) is 3.33. The van der Waals surface area contributed by atoms with E-state index in [0.29, 0.717) is 0 Å². The van der Waals surface area contributed by atoms with Crippen molar-refractivity contribution in [2.24, 2.45) is 5.73 Å². The first-order valence-electron chi connectivity index (χ1n) is 8.00. The number of hydrogen-bond acceptors (Lipinski definition) is 5. The fraction of sp³-hybridized carbons (Fsp3) is 0.438. The smallest absolute Gasteiger partial charge is 0.341 e. The molecule has 25 heavy (non-hydrogen) atoms. The molecule has 0 bridgehead atoms. The quantitative estimate of drug-likeness (QED) is 0.858. The van der Waals surface area contributed by atoms with Gasteiger partial charge in [0, 0.05) is 18.8 Å². The molecule has 1 saturated carbocycles. The van der Waals surface area contributed by atoms with Gasteiger partial charge in [-0.1, -0.05) is 0 Å². The van der Waals surface area contributed by atoms with Crippen LogP contribution in [0.1, 0.15) is 29.2 Å². The molecule has 1 aliphatic carbocycles. The van der Waals surface area contributed by atoms with Crippen molar-refractivity contribution < 1.29 is 18.7 Å². The molecule has 2 aliphatic rings. The van der Waals surface area contributed by atoms with Crippen LogP contribution in [0.25, 0.3) is 11.0 Å². The van der Waals surface area contributed by atoms with Crippen molar-refractivity contribution >= 4 is 22.8 Å². The Labute approximate surface area is 140 Å². The Kier molecular flexibility index (Phi) is 3.50. The summed E-state index contributed by atoms with van der Waals surface area (Å²) in [5, 5.41) is 9.13. The number of pyridine rings is 2. The molecule has 3 heterocycles. The van der Waals surface area contributed by atoms with Crippen LogP contribution in [0.15, 0.2) is 17.1 Å². The van der Waals surface area contributed by atoms with E-state index in [9.17, 15) is 23.5 Å². The van der Waals surface area contributed by atoms with Gasteiger partial charge in [-0.15, -0.1) is 0 Å². The second kappa shape index (κ2) is 5.48. The van der Waals surface area contributed by atoms with E-state index in [4.69, 9.17) is 5.73 Å². The molecular formula is C16H16F2N4O3. The minimum atomic E-state index is -1.36. The number of fused-ring (bicyclic) bond motifs is 1. The van der Waals surface area contributed by atoms with Gasteiger partial charge < -0.3 is 20.3 Å². The Morgan fingerprint density at radius 3 is 2.64 bits per heavy atom. The Bertz CT molecular complexity index is 931. The monoisotopic (exact) mass is 350 g/mol. The van der Waals surface area contributed by atoms with E-state index in [1.54, 1.807) is 4.57 Å². The maximum Gasteiger partial charge on any atom is 0.341 e. The molecule has 2 aromatic rings. The molecule has 2 unspecified atom stereocenters. The molecule has 9 heteroatoms. The summed E-state index contributed by atoms with van der Waals surface area (Å²) in [7, 11) is 0. The molecule has 2 atom stereocenters. The third kappa shape index (κ3) is 2.55. The molecule has 3 N–H and O–H groups in total. The average molecular weight is 350 g/mol. The summed E-state index contributed by atoms with van der Waals surface area (Å²) in [6.45, 7) is 0.0505. The van der Waals surface area contributed by atoms with E-state index in [2.05, 4.69) is 4.98 Å². The molecule has 1 saturated heterocycles. The lowest BCUT2D eigenvalue weighted by molar-refractivity contribution is 0.0695. The molecule has 1 aliphatic heterocycles. The number of nitrogens with two attached hydrogens (primary N) is 1. The normalized spacial score (nSPS) is 23.4. The number of alkyl halides is 1. The highest BCUT2D eigenvalue weighted by molar-refractivity contribution is 5.92. The molecule has 132 valence electrons. The van der Waals surface area contributed by atoms with Crippen LogP contribution in [0.3, 0.4) is 0 Å². The molecular weight excluding hydrogens is 334 g/mol. The van der Waals surface area contributed by atoms with Crippen LogP contribution in [0.5, 0.6) is 0 Å². The SMILES string of the molecule is NC1CN(c2nc3c(cc2F)c(=O)c(C(=O)O)cn3C2CC2)CC1F. The molecule has 2 aromatic heterocycles. The summed E-state index contributed by atoms with van der Waals surface area (Å²) in [5.74, 6) is -2.23. The van der Waals surface area contributed by atoms with Crippen molar-refractivity contribution in [1.82, 2.24) is 9.55 Å². The number of anilines is 1. The highest BCUT2D eigenvalue weighted by atomic mass is 19.1. The van der Waals surface area contributed by atoms with E-state index in [-0.39, 0.29) is 36.0 Å². The number of carboxylic acid groups (broad SMARTS) is 1.